The summed E-state index contributed by atoms with van der Waals surface area (Å²) in [6, 6.07) is 16.5. The van der Waals surface area contributed by atoms with Crippen LogP contribution in [0.5, 0.6) is 0 Å². The number of halogens is 4. The minimum absolute atomic E-state index is 0.117. The third-order valence-corrected chi connectivity index (χ3v) is 5.41. The third-order valence-electron chi connectivity index (χ3n) is 5.10. The molecule has 0 saturated heterocycles. The number of anilines is 2. The van der Waals surface area contributed by atoms with E-state index in [0.29, 0.717) is 17.9 Å². The molecule has 0 saturated carbocycles. The molecule has 0 fully saturated rings. The zero-order chi connectivity index (χ0) is 24.5. The van der Waals surface area contributed by atoms with Gasteiger partial charge in [-0.2, -0.15) is 13.2 Å². The van der Waals surface area contributed by atoms with Crippen molar-refractivity contribution in [3.63, 3.8) is 0 Å². The standard InChI is InChI=1S/C24H18ClF3N4O2/c1-14-22(33)32(21-5-3-2-4-20(21)29-14)13-15-6-8-16(9-7-15)30-23(34)31-17-10-11-18(19(25)12-17)24(26,27)28/h2-12H,13H2,1H3,(H2,30,31,34). The fourth-order valence-corrected chi connectivity index (χ4v) is 3.76. The van der Waals surface area contributed by atoms with Gasteiger partial charge >= 0.3 is 12.2 Å². The van der Waals surface area contributed by atoms with Crippen molar-refractivity contribution in [1.29, 1.82) is 0 Å². The lowest BCUT2D eigenvalue weighted by Gasteiger charge is -2.13. The Kier molecular flexibility index (Phi) is 6.30. The highest BCUT2D eigenvalue weighted by Gasteiger charge is 2.33. The van der Waals surface area contributed by atoms with E-state index in [1.54, 1.807) is 35.8 Å². The molecule has 4 rings (SSSR count). The topological polar surface area (TPSA) is 76.0 Å². The number of carbonyl (C=O) groups excluding carboxylic acids is 1. The number of urea groups is 1. The molecule has 34 heavy (non-hydrogen) atoms. The number of nitrogens with one attached hydrogen (secondary N) is 2. The Morgan fingerprint density at radius 1 is 1.00 bits per heavy atom. The lowest BCUT2D eigenvalue weighted by atomic mass is 10.2. The van der Waals surface area contributed by atoms with Gasteiger partial charge in [0.2, 0.25) is 0 Å². The number of amides is 2. The van der Waals surface area contributed by atoms with E-state index in [9.17, 15) is 22.8 Å². The summed E-state index contributed by atoms with van der Waals surface area (Å²) in [5.74, 6) is 0. The summed E-state index contributed by atoms with van der Waals surface area (Å²) in [6.07, 6.45) is -4.58. The number of aromatic nitrogens is 2. The number of hydrogen-bond donors (Lipinski definition) is 2. The normalized spacial score (nSPS) is 11.4. The van der Waals surface area contributed by atoms with Crippen LogP contribution in [0.4, 0.5) is 29.3 Å². The van der Waals surface area contributed by atoms with E-state index in [4.69, 9.17) is 11.6 Å². The molecule has 2 amide bonds. The van der Waals surface area contributed by atoms with E-state index in [1.807, 2.05) is 24.3 Å². The molecular formula is C24H18ClF3N4O2. The van der Waals surface area contributed by atoms with E-state index in [1.165, 1.54) is 0 Å². The Bertz CT molecular complexity index is 1430. The molecule has 0 aliphatic carbocycles. The average Bonchev–Trinajstić information content (AvgIpc) is 2.77. The van der Waals surface area contributed by atoms with E-state index in [2.05, 4.69) is 15.6 Å². The van der Waals surface area contributed by atoms with Crippen molar-refractivity contribution >= 4 is 40.0 Å². The van der Waals surface area contributed by atoms with Crippen LogP contribution in [0.2, 0.25) is 5.02 Å². The van der Waals surface area contributed by atoms with Gasteiger partial charge in [0.1, 0.15) is 5.69 Å². The van der Waals surface area contributed by atoms with Crippen LogP contribution in [0.25, 0.3) is 11.0 Å². The van der Waals surface area contributed by atoms with Gasteiger partial charge in [0.05, 0.1) is 28.2 Å². The Hall–Kier alpha value is -3.85. The molecule has 0 aliphatic rings. The predicted molar refractivity (Wildman–Crippen MR) is 125 cm³/mol. The fraction of sp³-hybridized carbons (Fsp3) is 0.125. The number of nitrogens with zero attached hydrogens (tertiary/aromatic N) is 2. The summed E-state index contributed by atoms with van der Waals surface area (Å²) in [4.78, 5) is 29.2. The van der Waals surface area contributed by atoms with Crippen LogP contribution < -0.4 is 16.2 Å². The molecule has 0 atom stereocenters. The minimum atomic E-state index is -4.58. The quantitative estimate of drug-likeness (QED) is 0.367. The SMILES string of the molecule is Cc1nc2ccccc2n(Cc2ccc(NC(=O)Nc3ccc(C(F)(F)F)c(Cl)c3)cc2)c1=O. The predicted octanol–water partition coefficient (Wildman–Crippen LogP) is 6.07. The highest BCUT2D eigenvalue weighted by Crippen LogP contribution is 2.35. The summed E-state index contributed by atoms with van der Waals surface area (Å²) < 4.78 is 40.1. The number of alkyl halides is 3. The molecule has 1 aromatic heterocycles. The average molecular weight is 487 g/mol. The van der Waals surface area contributed by atoms with Crippen LogP contribution in [0.1, 0.15) is 16.8 Å². The van der Waals surface area contributed by atoms with Gasteiger partial charge in [0.15, 0.2) is 0 Å². The van der Waals surface area contributed by atoms with Crippen molar-refractivity contribution in [2.24, 2.45) is 0 Å². The molecule has 0 spiro atoms. The van der Waals surface area contributed by atoms with Crippen LogP contribution in [-0.4, -0.2) is 15.6 Å². The van der Waals surface area contributed by atoms with Crippen molar-refractivity contribution in [1.82, 2.24) is 9.55 Å². The van der Waals surface area contributed by atoms with Gasteiger partial charge in [-0.1, -0.05) is 35.9 Å². The first-order valence-corrected chi connectivity index (χ1v) is 10.5. The first-order chi connectivity index (χ1) is 16.1. The maximum Gasteiger partial charge on any atom is 0.417 e. The maximum atomic E-state index is 12.8. The highest BCUT2D eigenvalue weighted by molar-refractivity contribution is 6.31. The lowest BCUT2D eigenvalue weighted by molar-refractivity contribution is -0.137. The van der Waals surface area contributed by atoms with E-state index in [0.717, 1.165) is 34.8 Å². The molecule has 0 aliphatic heterocycles. The highest BCUT2D eigenvalue weighted by atomic mass is 35.5. The van der Waals surface area contributed by atoms with Crippen molar-refractivity contribution in [3.8, 4) is 0 Å². The second kappa shape index (κ2) is 9.18. The zero-order valence-corrected chi connectivity index (χ0v) is 18.5. The summed E-state index contributed by atoms with van der Waals surface area (Å²) in [7, 11) is 0. The van der Waals surface area contributed by atoms with Crippen molar-refractivity contribution in [2.45, 2.75) is 19.6 Å². The monoisotopic (exact) mass is 486 g/mol. The van der Waals surface area contributed by atoms with E-state index < -0.39 is 22.8 Å². The van der Waals surface area contributed by atoms with Crippen molar-refractivity contribution < 1.29 is 18.0 Å². The summed E-state index contributed by atoms with van der Waals surface area (Å²) in [5, 5.41) is 4.54. The van der Waals surface area contributed by atoms with E-state index in [-0.39, 0.29) is 11.2 Å². The first kappa shape index (κ1) is 23.3. The summed E-state index contributed by atoms with van der Waals surface area (Å²) in [6.45, 7) is 1.99. The number of rotatable bonds is 4. The molecule has 4 aromatic rings. The van der Waals surface area contributed by atoms with Gasteiger partial charge < -0.3 is 15.2 Å². The number of benzene rings is 3. The Balaban J connectivity index is 1.45. The van der Waals surface area contributed by atoms with Crippen LogP contribution in [0.15, 0.2) is 71.5 Å². The summed E-state index contributed by atoms with van der Waals surface area (Å²) in [5.41, 5.74) is 2.08. The van der Waals surface area contributed by atoms with Gasteiger partial charge in [-0.05, 0) is 55.0 Å². The molecular weight excluding hydrogens is 469 g/mol. The first-order valence-electron chi connectivity index (χ1n) is 10.1. The molecule has 10 heteroatoms. The van der Waals surface area contributed by atoms with Gasteiger partial charge in [-0.15, -0.1) is 0 Å². The van der Waals surface area contributed by atoms with Gasteiger partial charge in [0, 0.05) is 11.4 Å². The van der Waals surface area contributed by atoms with Crippen LogP contribution in [0.3, 0.4) is 0 Å². The van der Waals surface area contributed by atoms with Crippen LogP contribution in [0, 0.1) is 6.92 Å². The molecule has 0 bridgehead atoms. The second-order valence-electron chi connectivity index (χ2n) is 7.55. The fourth-order valence-electron chi connectivity index (χ4n) is 3.47. The van der Waals surface area contributed by atoms with Gasteiger partial charge in [0.25, 0.3) is 5.56 Å². The number of carbonyl (C=O) groups is 1. The molecule has 2 N–H and O–H groups in total. The molecule has 0 radical (unpaired) electrons. The van der Waals surface area contributed by atoms with Gasteiger partial charge in [-0.3, -0.25) is 4.79 Å². The molecule has 0 unspecified atom stereocenters. The van der Waals surface area contributed by atoms with Gasteiger partial charge in [-0.25, -0.2) is 9.78 Å². The minimum Gasteiger partial charge on any atom is -0.308 e. The molecule has 3 aromatic carbocycles. The number of hydrogen-bond acceptors (Lipinski definition) is 3. The Morgan fingerprint density at radius 3 is 2.32 bits per heavy atom. The van der Waals surface area contributed by atoms with Crippen molar-refractivity contribution in [2.75, 3.05) is 10.6 Å². The largest absolute Gasteiger partial charge is 0.417 e. The summed E-state index contributed by atoms with van der Waals surface area (Å²) >= 11 is 5.68. The number of fused-ring (bicyclic) bond motifs is 1. The lowest BCUT2D eigenvalue weighted by Crippen LogP contribution is -2.24. The molecule has 6 nitrogen and oxygen atoms in total. The van der Waals surface area contributed by atoms with Crippen LogP contribution in [-0.2, 0) is 12.7 Å². The molecule has 1 heterocycles. The Morgan fingerprint density at radius 2 is 1.65 bits per heavy atom. The maximum absolute atomic E-state index is 12.8. The number of para-hydroxylation sites is 2. The van der Waals surface area contributed by atoms with Crippen molar-refractivity contribution in [3.05, 3.63) is 98.9 Å². The third kappa shape index (κ3) is 5.04. The number of aryl methyl sites for hydroxylation is 1. The second-order valence-corrected chi connectivity index (χ2v) is 7.95. The smallest absolute Gasteiger partial charge is 0.308 e. The zero-order valence-electron chi connectivity index (χ0n) is 17.8. The molecule has 174 valence electrons. The van der Waals surface area contributed by atoms with Crippen LogP contribution >= 0.6 is 11.6 Å². The Labute approximate surface area is 197 Å². The van der Waals surface area contributed by atoms with E-state index >= 15 is 0 Å².